The Bertz CT molecular complexity index is 548. The average molecular weight is 334 g/mol. The number of benzene rings is 1. The van der Waals surface area contributed by atoms with E-state index in [9.17, 15) is 8.42 Å². The molecule has 0 aliphatic heterocycles. The molecule has 0 saturated carbocycles. The minimum absolute atomic E-state index is 0.206. The number of nitrogens with one attached hydrogen (secondary N) is 1. The van der Waals surface area contributed by atoms with E-state index >= 15 is 0 Å². The van der Waals surface area contributed by atoms with Crippen molar-refractivity contribution < 1.29 is 13.2 Å². The van der Waals surface area contributed by atoms with Crippen molar-refractivity contribution in [2.24, 2.45) is 0 Å². The van der Waals surface area contributed by atoms with Crippen LogP contribution in [0.1, 0.15) is 13.8 Å². The van der Waals surface area contributed by atoms with Crippen LogP contribution in [0.15, 0.2) is 39.2 Å². The Balaban J connectivity index is 2.92. The van der Waals surface area contributed by atoms with E-state index in [4.69, 9.17) is 4.74 Å². The summed E-state index contributed by atoms with van der Waals surface area (Å²) in [6.07, 6.45) is 1.82. The van der Waals surface area contributed by atoms with Gasteiger partial charge >= 0.3 is 0 Å². The summed E-state index contributed by atoms with van der Waals surface area (Å²) in [6.45, 7) is 4.12. The molecule has 0 fully saturated rings. The average Bonchev–Trinajstić information content (AvgIpc) is 2.28. The standard InChI is InChI=1S/C12H16BrNO3S/c1-9(2)6-7-14-18(15,16)10-4-5-12(17-3)11(13)8-10/h4-6,8,14H,7H2,1-3H3. The highest BCUT2D eigenvalue weighted by atomic mass is 79.9. The fourth-order valence-corrected chi connectivity index (χ4v) is 2.93. The SMILES string of the molecule is COc1ccc(S(=O)(=O)NCC=C(C)C)cc1Br. The molecular formula is C12H16BrNO3S. The lowest BCUT2D eigenvalue weighted by molar-refractivity contribution is 0.411. The molecule has 0 heterocycles. The summed E-state index contributed by atoms with van der Waals surface area (Å²) >= 11 is 3.26. The monoisotopic (exact) mass is 333 g/mol. The van der Waals surface area contributed by atoms with Crippen LogP contribution >= 0.6 is 15.9 Å². The molecule has 0 saturated heterocycles. The smallest absolute Gasteiger partial charge is 0.240 e. The molecule has 18 heavy (non-hydrogen) atoms. The van der Waals surface area contributed by atoms with Gasteiger partial charge in [-0.05, 0) is 48.0 Å². The zero-order valence-electron chi connectivity index (χ0n) is 10.5. The number of halogens is 1. The van der Waals surface area contributed by atoms with E-state index in [1.165, 1.54) is 19.2 Å². The molecule has 1 rings (SSSR count). The fraction of sp³-hybridized carbons (Fsp3) is 0.333. The molecule has 1 aromatic carbocycles. The van der Waals surface area contributed by atoms with Crippen LogP contribution in [0, 0.1) is 0 Å². The normalized spacial score (nSPS) is 11.1. The van der Waals surface area contributed by atoms with Gasteiger partial charge in [-0.3, -0.25) is 0 Å². The first-order valence-corrected chi connectivity index (χ1v) is 7.61. The molecule has 6 heteroatoms. The van der Waals surface area contributed by atoms with Gasteiger partial charge in [-0.25, -0.2) is 13.1 Å². The van der Waals surface area contributed by atoms with Crippen molar-refractivity contribution in [3.8, 4) is 5.75 Å². The summed E-state index contributed by atoms with van der Waals surface area (Å²) < 4.78 is 32.1. The number of sulfonamides is 1. The number of allylic oxidation sites excluding steroid dienone is 1. The van der Waals surface area contributed by atoms with Crippen LogP contribution in [0.3, 0.4) is 0 Å². The van der Waals surface area contributed by atoms with Crippen molar-refractivity contribution in [3.63, 3.8) is 0 Å². The molecule has 0 radical (unpaired) electrons. The molecular weight excluding hydrogens is 318 g/mol. The Morgan fingerprint density at radius 2 is 2.11 bits per heavy atom. The minimum Gasteiger partial charge on any atom is -0.496 e. The predicted molar refractivity (Wildman–Crippen MR) is 75.3 cm³/mol. The first-order chi connectivity index (χ1) is 8.36. The molecule has 4 nitrogen and oxygen atoms in total. The molecule has 0 unspecified atom stereocenters. The maximum atomic E-state index is 12.0. The van der Waals surface area contributed by atoms with Crippen molar-refractivity contribution in [1.82, 2.24) is 4.72 Å². The Morgan fingerprint density at radius 3 is 2.61 bits per heavy atom. The van der Waals surface area contributed by atoms with Crippen molar-refractivity contribution in [3.05, 3.63) is 34.3 Å². The number of hydrogen-bond acceptors (Lipinski definition) is 3. The van der Waals surface area contributed by atoms with E-state index < -0.39 is 10.0 Å². The predicted octanol–water partition coefficient (Wildman–Crippen LogP) is 2.70. The van der Waals surface area contributed by atoms with Gasteiger partial charge in [0.15, 0.2) is 0 Å². The molecule has 0 atom stereocenters. The van der Waals surface area contributed by atoms with Gasteiger partial charge in [0.1, 0.15) is 5.75 Å². The van der Waals surface area contributed by atoms with Gasteiger partial charge in [-0.1, -0.05) is 11.6 Å². The van der Waals surface area contributed by atoms with Crippen molar-refractivity contribution in [2.45, 2.75) is 18.7 Å². The van der Waals surface area contributed by atoms with Gasteiger partial charge in [-0.15, -0.1) is 0 Å². The maximum absolute atomic E-state index is 12.0. The lowest BCUT2D eigenvalue weighted by atomic mass is 10.3. The molecule has 0 aliphatic rings. The second-order valence-corrected chi connectivity index (χ2v) is 6.55. The summed E-state index contributed by atoms with van der Waals surface area (Å²) in [4.78, 5) is 0.206. The summed E-state index contributed by atoms with van der Waals surface area (Å²) in [5.74, 6) is 0.596. The van der Waals surface area contributed by atoms with Crippen LogP contribution in [0.4, 0.5) is 0 Å². The van der Waals surface area contributed by atoms with Gasteiger partial charge in [0, 0.05) is 6.54 Å². The Kier molecular flexibility index (Phi) is 5.37. The Morgan fingerprint density at radius 1 is 1.44 bits per heavy atom. The number of ether oxygens (including phenoxy) is 1. The van der Waals surface area contributed by atoms with Crippen LogP contribution in [0.25, 0.3) is 0 Å². The lowest BCUT2D eigenvalue weighted by Gasteiger charge is -2.08. The second kappa shape index (κ2) is 6.36. The van der Waals surface area contributed by atoms with Gasteiger partial charge in [-0.2, -0.15) is 0 Å². The van der Waals surface area contributed by atoms with Crippen molar-refractivity contribution in [2.75, 3.05) is 13.7 Å². The molecule has 1 aromatic rings. The van der Waals surface area contributed by atoms with Gasteiger partial charge in [0.2, 0.25) is 10.0 Å². The zero-order valence-corrected chi connectivity index (χ0v) is 12.9. The van der Waals surface area contributed by atoms with E-state index in [-0.39, 0.29) is 11.4 Å². The van der Waals surface area contributed by atoms with Crippen molar-refractivity contribution >= 4 is 26.0 Å². The van der Waals surface area contributed by atoms with Gasteiger partial charge in [0.25, 0.3) is 0 Å². The molecule has 0 aliphatic carbocycles. The minimum atomic E-state index is -3.48. The second-order valence-electron chi connectivity index (χ2n) is 3.93. The van der Waals surface area contributed by atoms with Crippen LogP contribution in [-0.2, 0) is 10.0 Å². The third-order valence-electron chi connectivity index (χ3n) is 2.22. The van der Waals surface area contributed by atoms with E-state index in [0.717, 1.165) is 5.57 Å². The summed E-state index contributed by atoms with van der Waals surface area (Å²) in [7, 11) is -1.95. The van der Waals surface area contributed by atoms with E-state index in [0.29, 0.717) is 10.2 Å². The molecule has 100 valence electrons. The summed E-state index contributed by atoms with van der Waals surface area (Å²) in [5.41, 5.74) is 1.06. The molecule has 1 N–H and O–H groups in total. The number of hydrogen-bond donors (Lipinski definition) is 1. The molecule has 0 bridgehead atoms. The zero-order chi connectivity index (χ0) is 13.8. The number of methoxy groups -OCH3 is 1. The van der Waals surface area contributed by atoms with Crippen LogP contribution < -0.4 is 9.46 Å². The van der Waals surface area contributed by atoms with Gasteiger partial charge in [0.05, 0.1) is 16.5 Å². The Labute approximate surface area is 116 Å². The quantitative estimate of drug-likeness (QED) is 0.843. The highest BCUT2D eigenvalue weighted by Crippen LogP contribution is 2.27. The summed E-state index contributed by atoms with van der Waals surface area (Å²) in [6, 6.07) is 4.64. The summed E-state index contributed by atoms with van der Waals surface area (Å²) in [5, 5.41) is 0. The topological polar surface area (TPSA) is 55.4 Å². The van der Waals surface area contributed by atoms with Crippen LogP contribution in [0.5, 0.6) is 5.75 Å². The van der Waals surface area contributed by atoms with Crippen molar-refractivity contribution in [1.29, 1.82) is 0 Å². The highest BCUT2D eigenvalue weighted by Gasteiger charge is 2.14. The first kappa shape index (κ1) is 15.2. The lowest BCUT2D eigenvalue weighted by Crippen LogP contribution is -2.23. The highest BCUT2D eigenvalue weighted by molar-refractivity contribution is 9.10. The molecule has 0 aromatic heterocycles. The number of rotatable bonds is 5. The third kappa shape index (κ3) is 4.12. The third-order valence-corrected chi connectivity index (χ3v) is 4.26. The van der Waals surface area contributed by atoms with Crippen LogP contribution in [-0.4, -0.2) is 22.1 Å². The van der Waals surface area contributed by atoms with E-state index in [1.54, 1.807) is 6.07 Å². The fourth-order valence-electron chi connectivity index (χ4n) is 1.25. The van der Waals surface area contributed by atoms with Crippen LogP contribution in [0.2, 0.25) is 0 Å². The van der Waals surface area contributed by atoms with Gasteiger partial charge < -0.3 is 4.74 Å². The molecule has 0 amide bonds. The maximum Gasteiger partial charge on any atom is 0.240 e. The van der Waals surface area contributed by atoms with E-state index in [2.05, 4.69) is 20.7 Å². The first-order valence-electron chi connectivity index (χ1n) is 5.33. The Hall–Kier alpha value is -0.850. The molecule has 0 spiro atoms. The van der Waals surface area contributed by atoms with E-state index in [1.807, 2.05) is 19.9 Å². The largest absolute Gasteiger partial charge is 0.496 e.